The van der Waals surface area contributed by atoms with E-state index in [-0.39, 0.29) is 11.9 Å². The number of nitriles is 1. The number of amides is 1. The first-order valence-corrected chi connectivity index (χ1v) is 8.60. The van der Waals surface area contributed by atoms with Gasteiger partial charge in [-0.15, -0.1) is 0 Å². The van der Waals surface area contributed by atoms with Crippen molar-refractivity contribution >= 4 is 23.2 Å². The molecule has 2 atom stereocenters. The van der Waals surface area contributed by atoms with Crippen LogP contribution < -0.4 is 10.6 Å². The fraction of sp³-hybridized carbons (Fsp3) is 0.812. The van der Waals surface area contributed by atoms with Crippen molar-refractivity contribution < 1.29 is 4.79 Å². The van der Waals surface area contributed by atoms with Gasteiger partial charge in [-0.05, 0) is 18.6 Å². The molecule has 1 fully saturated rings. The highest BCUT2D eigenvalue weighted by atomic mass is 32.1. The van der Waals surface area contributed by atoms with Crippen LogP contribution in [0.1, 0.15) is 71.1 Å². The molecule has 2 unspecified atom stereocenters. The number of hydrogen-bond acceptors (Lipinski definition) is 3. The predicted molar refractivity (Wildman–Crippen MR) is 88.6 cm³/mol. The summed E-state index contributed by atoms with van der Waals surface area (Å²) in [5, 5.41) is 15.0. The normalized spacial score (nSPS) is 21.5. The summed E-state index contributed by atoms with van der Waals surface area (Å²) in [5.41, 5.74) is 0. The summed E-state index contributed by atoms with van der Waals surface area (Å²) in [6.45, 7) is 2.24. The SMILES string of the molecule is CCCCCCCCCCCC1NC(=S)NC(=O)C1C#N. The van der Waals surface area contributed by atoms with Gasteiger partial charge in [0.15, 0.2) is 5.11 Å². The van der Waals surface area contributed by atoms with Crippen molar-refractivity contribution in [1.29, 1.82) is 5.26 Å². The van der Waals surface area contributed by atoms with Crippen LogP contribution in [0.25, 0.3) is 0 Å². The summed E-state index contributed by atoms with van der Waals surface area (Å²) in [6, 6.07) is 1.95. The van der Waals surface area contributed by atoms with Gasteiger partial charge < -0.3 is 10.6 Å². The second-order valence-electron chi connectivity index (χ2n) is 5.79. The fourth-order valence-electron chi connectivity index (χ4n) is 2.72. The Hall–Kier alpha value is -1.15. The van der Waals surface area contributed by atoms with Crippen molar-refractivity contribution in [2.45, 2.75) is 77.2 Å². The van der Waals surface area contributed by atoms with E-state index in [4.69, 9.17) is 17.5 Å². The number of nitrogens with one attached hydrogen (secondary N) is 2. The van der Waals surface area contributed by atoms with Crippen LogP contribution in [0.2, 0.25) is 0 Å². The van der Waals surface area contributed by atoms with Crippen molar-refractivity contribution in [2.24, 2.45) is 5.92 Å². The number of hydrogen-bond donors (Lipinski definition) is 2. The third-order valence-electron chi connectivity index (χ3n) is 4.00. The average Bonchev–Trinajstić information content (AvgIpc) is 2.45. The summed E-state index contributed by atoms with van der Waals surface area (Å²) in [7, 11) is 0. The van der Waals surface area contributed by atoms with Crippen molar-refractivity contribution in [1.82, 2.24) is 10.6 Å². The van der Waals surface area contributed by atoms with Gasteiger partial charge in [0.25, 0.3) is 0 Å². The molecular formula is C16H27N3OS. The van der Waals surface area contributed by atoms with E-state index in [0.717, 1.165) is 12.8 Å². The molecule has 1 aliphatic heterocycles. The van der Waals surface area contributed by atoms with E-state index < -0.39 is 5.92 Å². The second kappa shape index (κ2) is 10.6. The number of carbonyl (C=O) groups is 1. The van der Waals surface area contributed by atoms with Gasteiger partial charge in [0.2, 0.25) is 5.91 Å². The molecule has 21 heavy (non-hydrogen) atoms. The van der Waals surface area contributed by atoms with E-state index in [1.807, 2.05) is 0 Å². The minimum absolute atomic E-state index is 0.124. The van der Waals surface area contributed by atoms with Gasteiger partial charge in [0, 0.05) is 0 Å². The van der Waals surface area contributed by atoms with Gasteiger partial charge in [-0.25, -0.2) is 0 Å². The lowest BCUT2D eigenvalue weighted by atomic mass is 9.93. The van der Waals surface area contributed by atoms with E-state index in [9.17, 15) is 4.79 Å². The zero-order chi connectivity index (χ0) is 15.5. The Balaban J connectivity index is 2.10. The molecular weight excluding hydrogens is 282 g/mol. The molecule has 0 bridgehead atoms. The number of unbranched alkanes of at least 4 members (excludes halogenated alkanes) is 8. The molecule has 5 heteroatoms. The molecule has 4 nitrogen and oxygen atoms in total. The van der Waals surface area contributed by atoms with Crippen LogP contribution in [-0.4, -0.2) is 17.1 Å². The van der Waals surface area contributed by atoms with Crippen LogP contribution in [0, 0.1) is 17.2 Å². The summed E-state index contributed by atoms with van der Waals surface area (Å²) in [6.07, 6.45) is 12.3. The number of rotatable bonds is 10. The summed E-state index contributed by atoms with van der Waals surface area (Å²) < 4.78 is 0. The fourth-order valence-corrected chi connectivity index (χ4v) is 2.97. The third-order valence-corrected chi connectivity index (χ3v) is 4.22. The Morgan fingerprint density at radius 1 is 1.10 bits per heavy atom. The maximum Gasteiger partial charge on any atom is 0.245 e. The second-order valence-corrected chi connectivity index (χ2v) is 6.20. The molecule has 0 aromatic carbocycles. The highest BCUT2D eigenvalue weighted by molar-refractivity contribution is 7.80. The number of carbonyl (C=O) groups excluding carboxylic acids is 1. The highest BCUT2D eigenvalue weighted by Crippen LogP contribution is 2.16. The van der Waals surface area contributed by atoms with Crippen molar-refractivity contribution in [3.05, 3.63) is 0 Å². The van der Waals surface area contributed by atoms with Crippen LogP contribution in [0.5, 0.6) is 0 Å². The van der Waals surface area contributed by atoms with Gasteiger partial charge >= 0.3 is 0 Å². The topological polar surface area (TPSA) is 64.9 Å². The van der Waals surface area contributed by atoms with Crippen LogP contribution >= 0.6 is 12.2 Å². The molecule has 0 spiro atoms. The van der Waals surface area contributed by atoms with E-state index in [1.165, 1.54) is 51.4 Å². The molecule has 0 saturated carbocycles. The van der Waals surface area contributed by atoms with Gasteiger partial charge in [0.1, 0.15) is 5.92 Å². The van der Waals surface area contributed by atoms with Gasteiger partial charge in [-0.1, -0.05) is 64.7 Å². The van der Waals surface area contributed by atoms with Gasteiger partial charge in [-0.3, -0.25) is 4.79 Å². The van der Waals surface area contributed by atoms with Crippen LogP contribution in [0.15, 0.2) is 0 Å². The molecule has 2 N–H and O–H groups in total. The molecule has 1 amide bonds. The lowest BCUT2D eigenvalue weighted by Gasteiger charge is -2.29. The predicted octanol–water partition coefficient (Wildman–Crippen LogP) is 3.42. The maximum absolute atomic E-state index is 11.6. The summed E-state index contributed by atoms with van der Waals surface area (Å²) >= 11 is 4.98. The first-order chi connectivity index (χ1) is 10.2. The minimum atomic E-state index is -0.620. The third kappa shape index (κ3) is 6.90. The standard InChI is InChI=1S/C16H27N3OS/c1-2-3-4-5-6-7-8-9-10-11-14-13(12-17)15(20)19-16(21)18-14/h13-14H,2-11H2,1H3,(H2,18,19,20,21). The highest BCUT2D eigenvalue weighted by Gasteiger charge is 2.33. The molecule has 0 radical (unpaired) electrons. The maximum atomic E-state index is 11.6. The summed E-state index contributed by atoms with van der Waals surface area (Å²) in [4.78, 5) is 11.6. The zero-order valence-electron chi connectivity index (χ0n) is 13.0. The molecule has 0 aromatic heterocycles. The molecule has 1 aliphatic rings. The van der Waals surface area contributed by atoms with E-state index in [2.05, 4.69) is 23.6 Å². The van der Waals surface area contributed by atoms with Crippen molar-refractivity contribution in [3.8, 4) is 6.07 Å². The van der Waals surface area contributed by atoms with Gasteiger partial charge in [-0.2, -0.15) is 5.26 Å². The quantitative estimate of drug-likeness (QED) is 0.479. The Morgan fingerprint density at radius 2 is 1.67 bits per heavy atom. The van der Waals surface area contributed by atoms with E-state index in [1.54, 1.807) is 0 Å². The Kier molecular flexibility index (Phi) is 9.00. The first kappa shape index (κ1) is 17.9. The Morgan fingerprint density at radius 3 is 2.24 bits per heavy atom. The number of nitrogens with zero attached hydrogens (tertiary/aromatic N) is 1. The lowest BCUT2D eigenvalue weighted by Crippen LogP contribution is -2.57. The molecule has 0 aliphatic carbocycles. The largest absolute Gasteiger partial charge is 0.358 e. The molecule has 1 heterocycles. The van der Waals surface area contributed by atoms with Crippen molar-refractivity contribution in [3.63, 3.8) is 0 Å². The summed E-state index contributed by atoms with van der Waals surface area (Å²) in [5.74, 6) is -0.882. The molecule has 1 saturated heterocycles. The van der Waals surface area contributed by atoms with Crippen molar-refractivity contribution in [2.75, 3.05) is 0 Å². The molecule has 118 valence electrons. The first-order valence-electron chi connectivity index (χ1n) is 8.20. The average molecular weight is 309 g/mol. The number of thiocarbonyl (C=S) groups is 1. The smallest absolute Gasteiger partial charge is 0.245 e. The monoisotopic (exact) mass is 309 g/mol. The molecule has 1 rings (SSSR count). The van der Waals surface area contributed by atoms with Crippen LogP contribution in [0.4, 0.5) is 0 Å². The minimum Gasteiger partial charge on any atom is -0.358 e. The lowest BCUT2D eigenvalue weighted by molar-refractivity contribution is -0.123. The Bertz CT molecular complexity index is 378. The Labute approximate surface area is 133 Å². The van der Waals surface area contributed by atoms with Crippen LogP contribution in [0.3, 0.4) is 0 Å². The van der Waals surface area contributed by atoms with E-state index >= 15 is 0 Å². The van der Waals surface area contributed by atoms with Gasteiger partial charge in [0.05, 0.1) is 12.1 Å². The zero-order valence-corrected chi connectivity index (χ0v) is 13.8. The van der Waals surface area contributed by atoms with Crippen LogP contribution in [-0.2, 0) is 4.79 Å². The van der Waals surface area contributed by atoms with E-state index in [0.29, 0.717) is 5.11 Å². The molecule has 0 aromatic rings.